The summed E-state index contributed by atoms with van der Waals surface area (Å²) in [6.45, 7) is 10.2. The van der Waals surface area contributed by atoms with E-state index in [-0.39, 0.29) is 6.61 Å². The minimum atomic E-state index is -0.432. The second-order valence-corrected chi connectivity index (χ2v) is 7.47. The molecule has 0 fully saturated rings. The largest absolute Gasteiger partial charge is 0.490 e. The van der Waals surface area contributed by atoms with E-state index in [2.05, 4.69) is 11.6 Å². The molecule has 3 rings (SSSR count). The number of carbonyl (C=O) groups is 1. The van der Waals surface area contributed by atoms with Crippen molar-refractivity contribution in [1.82, 2.24) is 4.90 Å². The van der Waals surface area contributed by atoms with Crippen LogP contribution in [0.2, 0.25) is 5.02 Å². The number of nitrogens with zero attached hydrogens (tertiary/aromatic N) is 2. The van der Waals surface area contributed by atoms with Gasteiger partial charge in [-0.3, -0.25) is 0 Å². The quantitative estimate of drug-likeness (QED) is 0.420. The highest BCUT2D eigenvalue weighted by molar-refractivity contribution is 8.16. The van der Waals surface area contributed by atoms with Crippen molar-refractivity contribution in [1.29, 1.82) is 0 Å². The lowest BCUT2D eigenvalue weighted by molar-refractivity contribution is -0.139. The molecule has 29 heavy (non-hydrogen) atoms. The Bertz CT molecular complexity index is 910. The Kier molecular flexibility index (Phi) is 6.92. The highest BCUT2D eigenvalue weighted by Crippen LogP contribution is 2.45. The van der Waals surface area contributed by atoms with E-state index in [1.165, 1.54) is 11.8 Å². The number of allylic oxidation sites excluding steroid dienone is 1. The highest BCUT2D eigenvalue weighted by atomic mass is 35.5. The zero-order chi connectivity index (χ0) is 21.0. The van der Waals surface area contributed by atoms with Crippen LogP contribution in [0.5, 0.6) is 11.5 Å². The van der Waals surface area contributed by atoms with E-state index in [9.17, 15) is 4.79 Å². The Labute approximate surface area is 179 Å². The zero-order valence-corrected chi connectivity index (χ0v) is 18.2. The number of fused-ring (bicyclic) bond motifs is 1. The molecule has 1 aromatic carbocycles. The molecule has 2 heterocycles. The molecule has 0 aromatic heterocycles. The number of benzene rings is 1. The second-order valence-electron chi connectivity index (χ2n) is 6.19. The summed E-state index contributed by atoms with van der Waals surface area (Å²) in [5.41, 5.74) is 1.88. The van der Waals surface area contributed by atoms with Gasteiger partial charge < -0.3 is 19.1 Å². The predicted octanol–water partition coefficient (Wildman–Crippen LogP) is 5.07. The third-order valence-electron chi connectivity index (χ3n) is 4.31. The van der Waals surface area contributed by atoms with Crippen molar-refractivity contribution in [2.24, 2.45) is 4.99 Å². The number of ether oxygens (including phenoxy) is 3. The maximum Gasteiger partial charge on any atom is 0.338 e. The lowest BCUT2D eigenvalue weighted by atomic mass is 9.94. The third-order valence-corrected chi connectivity index (χ3v) is 5.36. The molecule has 0 unspecified atom stereocenters. The summed E-state index contributed by atoms with van der Waals surface area (Å²) in [5, 5.41) is 3.12. The Morgan fingerprint density at radius 1 is 1.34 bits per heavy atom. The summed E-state index contributed by atoms with van der Waals surface area (Å²) in [6, 6.07) is 3.21. The number of thioether (sulfide) groups is 1. The van der Waals surface area contributed by atoms with Gasteiger partial charge in [-0.25, -0.2) is 9.79 Å². The molecule has 1 atom stereocenters. The van der Waals surface area contributed by atoms with Gasteiger partial charge in [-0.15, -0.1) is 0 Å². The van der Waals surface area contributed by atoms with Gasteiger partial charge in [0.05, 0.1) is 35.5 Å². The first-order chi connectivity index (χ1) is 14.0. The second kappa shape index (κ2) is 9.41. The van der Waals surface area contributed by atoms with Crippen molar-refractivity contribution in [3.63, 3.8) is 0 Å². The lowest BCUT2D eigenvalue weighted by Crippen LogP contribution is -2.34. The third kappa shape index (κ3) is 4.31. The number of carbonyl (C=O) groups excluding carboxylic acids is 1. The molecule has 6 nitrogen and oxygen atoms in total. The molecule has 0 radical (unpaired) electrons. The van der Waals surface area contributed by atoms with Gasteiger partial charge in [-0.05, 0) is 43.9 Å². The van der Waals surface area contributed by atoms with Gasteiger partial charge in [0, 0.05) is 6.20 Å². The molecule has 0 aliphatic carbocycles. The van der Waals surface area contributed by atoms with Gasteiger partial charge in [0.2, 0.25) is 0 Å². The molecule has 2 aliphatic heterocycles. The van der Waals surface area contributed by atoms with Gasteiger partial charge in [-0.2, -0.15) is 0 Å². The van der Waals surface area contributed by atoms with E-state index in [0.29, 0.717) is 41.0 Å². The van der Waals surface area contributed by atoms with Crippen LogP contribution in [0.15, 0.2) is 52.7 Å². The summed E-state index contributed by atoms with van der Waals surface area (Å²) < 4.78 is 16.8. The summed E-state index contributed by atoms with van der Waals surface area (Å²) in [7, 11) is 0. The van der Waals surface area contributed by atoms with E-state index in [0.717, 1.165) is 10.7 Å². The van der Waals surface area contributed by atoms with Gasteiger partial charge in [0.25, 0.3) is 0 Å². The maximum atomic E-state index is 12.8. The van der Waals surface area contributed by atoms with Crippen LogP contribution >= 0.6 is 23.4 Å². The number of aliphatic imine (C=N–C) groups is 1. The van der Waals surface area contributed by atoms with E-state index in [1.54, 1.807) is 19.1 Å². The van der Waals surface area contributed by atoms with Crippen molar-refractivity contribution in [3.8, 4) is 11.5 Å². The fourth-order valence-corrected chi connectivity index (χ4v) is 4.25. The van der Waals surface area contributed by atoms with E-state index in [1.807, 2.05) is 36.4 Å². The van der Waals surface area contributed by atoms with E-state index in [4.69, 9.17) is 25.8 Å². The van der Waals surface area contributed by atoms with Crippen molar-refractivity contribution < 1.29 is 19.0 Å². The highest BCUT2D eigenvalue weighted by Gasteiger charge is 2.38. The van der Waals surface area contributed by atoms with Crippen LogP contribution in [0, 0.1) is 0 Å². The predicted molar refractivity (Wildman–Crippen MR) is 116 cm³/mol. The Morgan fingerprint density at radius 2 is 2.14 bits per heavy atom. The molecule has 0 N–H and O–H groups in total. The van der Waals surface area contributed by atoms with Crippen molar-refractivity contribution in [2.75, 3.05) is 19.8 Å². The smallest absolute Gasteiger partial charge is 0.338 e. The molecule has 0 bridgehead atoms. The summed E-state index contributed by atoms with van der Waals surface area (Å²) in [5.74, 6) is 0.563. The Balaban J connectivity index is 2.12. The topological polar surface area (TPSA) is 60.4 Å². The van der Waals surface area contributed by atoms with Crippen LogP contribution in [0.25, 0.3) is 0 Å². The molecule has 1 aromatic rings. The minimum Gasteiger partial charge on any atom is -0.490 e. The molecular formula is C21H23ClN2O4S. The van der Waals surface area contributed by atoms with Crippen LogP contribution < -0.4 is 9.47 Å². The molecule has 2 aliphatic rings. The standard InChI is InChI=1S/C21H23ClN2O4S/c1-5-9-28-19-15(22)11-14(12-16(19)26-6-2)18-17(20(25)27-7-3)13(4)23-21-24(18)8-10-29-21/h5,8,10-12,18H,1,6-7,9H2,2-4H3/t18-/m1/s1. The molecule has 8 heteroatoms. The van der Waals surface area contributed by atoms with Gasteiger partial charge >= 0.3 is 5.97 Å². The molecular weight excluding hydrogens is 412 g/mol. The van der Waals surface area contributed by atoms with Gasteiger partial charge in [0.15, 0.2) is 16.7 Å². The Morgan fingerprint density at radius 3 is 2.83 bits per heavy atom. The summed E-state index contributed by atoms with van der Waals surface area (Å²) in [6.07, 6.45) is 3.54. The molecule has 0 spiro atoms. The van der Waals surface area contributed by atoms with Crippen LogP contribution in [-0.4, -0.2) is 35.9 Å². The van der Waals surface area contributed by atoms with E-state index < -0.39 is 12.0 Å². The molecule has 154 valence electrons. The molecule has 0 saturated heterocycles. The fourth-order valence-electron chi connectivity index (χ4n) is 3.19. The van der Waals surface area contributed by atoms with Gasteiger partial charge in [0.1, 0.15) is 6.61 Å². The first kappa shape index (κ1) is 21.3. The normalized spacial score (nSPS) is 17.7. The number of rotatable bonds is 8. The first-order valence-corrected chi connectivity index (χ1v) is 10.6. The van der Waals surface area contributed by atoms with Crippen LogP contribution in [-0.2, 0) is 9.53 Å². The monoisotopic (exact) mass is 434 g/mol. The lowest BCUT2D eigenvalue weighted by Gasteiger charge is -2.33. The van der Waals surface area contributed by atoms with Crippen LogP contribution in [0.3, 0.4) is 0 Å². The number of esters is 1. The van der Waals surface area contributed by atoms with Crippen LogP contribution in [0.4, 0.5) is 0 Å². The van der Waals surface area contributed by atoms with Crippen molar-refractivity contribution >= 4 is 34.5 Å². The van der Waals surface area contributed by atoms with Crippen molar-refractivity contribution in [2.45, 2.75) is 26.8 Å². The number of hydrogen-bond donors (Lipinski definition) is 0. The average molecular weight is 435 g/mol. The molecule has 0 amide bonds. The Hall–Kier alpha value is -2.38. The van der Waals surface area contributed by atoms with E-state index >= 15 is 0 Å². The molecule has 0 saturated carbocycles. The summed E-state index contributed by atoms with van der Waals surface area (Å²) in [4.78, 5) is 19.3. The zero-order valence-electron chi connectivity index (χ0n) is 16.6. The summed E-state index contributed by atoms with van der Waals surface area (Å²) >= 11 is 8.05. The van der Waals surface area contributed by atoms with Crippen LogP contribution in [0.1, 0.15) is 32.4 Å². The maximum absolute atomic E-state index is 12.8. The average Bonchev–Trinajstić information content (AvgIpc) is 3.14. The fraction of sp³-hybridized carbons (Fsp3) is 0.333. The van der Waals surface area contributed by atoms with Gasteiger partial charge in [-0.1, -0.05) is 36.0 Å². The SMILES string of the molecule is C=CCOc1c(Cl)cc([C@@H]2C(C(=O)OCC)=C(C)N=C3SC=CN32)cc1OCC. The van der Waals surface area contributed by atoms with Crippen molar-refractivity contribution in [3.05, 3.63) is 58.3 Å². The number of halogens is 1. The number of amidine groups is 1. The minimum absolute atomic E-state index is 0.281. The first-order valence-electron chi connectivity index (χ1n) is 9.29. The number of hydrogen-bond acceptors (Lipinski definition) is 7.